The number of hydrogen-bond donors (Lipinski definition) is 2. The van der Waals surface area contributed by atoms with Crippen LogP contribution in [0.25, 0.3) is 11.1 Å². The van der Waals surface area contributed by atoms with Gasteiger partial charge in [0.1, 0.15) is 5.52 Å². The molecular weight excluding hydrogens is 234 g/mol. The molecule has 1 heterocycles. The molecule has 0 spiro atoms. The molecule has 0 radical (unpaired) electrons. The molecule has 2 aromatic rings. The number of unbranched alkanes of at least 4 members (excludes halogenated alkanes) is 1. The Morgan fingerprint density at radius 3 is 3.00 bits per heavy atom. The van der Waals surface area contributed by atoms with Gasteiger partial charge in [0.15, 0.2) is 10.7 Å². The molecule has 2 N–H and O–H groups in total. The van der Waals surface area contributed by atoms with Gasteiger partial charge in [-0.05, 0) is 30.8 Å². The molecule has 0 aliphatic rings. The molecule has 5 heteroatoms. The number of para-hydroxylation sites is 2. The monoisotopic (exact) mass is 249 g/mol. The molecule has 17 heavy (non-hydrogen) atoms. The number of benzene rings is 1. The number of nitrogens with zero attached hydrogens (tertiary/aromatic N) is 1. The number of anilines is 1. The van der Waals surface area contributed by atoms with E-state index in [9.17, 15) is 0 Å². The van der Waals surface area contributed by atoms with Crippen LogP contribution in [-0.2, 0) is 0 Å². The number of rotatable bonds is 4. The second-order valence-corrected chi connectivity index (χ2v) is 4.13. The summed E-state index contributed by atoms with van der Waals surface area (Å²) in [5, 5.41) is 6.58. The third-order valence-electron chi connectivity index (χ3n) is 2.33. The lowest BCUT2D eigenvalue weighted by molar-refractivity contribution is 0.623. The Kier molecular flexibility index (Phi) is 3.93. The van der Waals surface area contributed by atoms with Crippen molar-refractivity contribution in [3.8, 4) is 0 Å². The Bertz CT molecular complexity index is 476. The number of aromatic nitrogens is 1. The number of fused-ring (bicyclic) bond motifs is 1. The van der Waals surface area contributed by atoms with Gasteiger partial charge >= 0.3 is 6.01 Å². The number of oxazole rings is 1. The van der Waals surface area contributed by atoms with E-state index >= 15 is 0 Å². The first-order chi connectivity index (χ1) is 8.29. The van der Waals surface area contributed by atoms with Crippen molar-refractivity contribution in [2.45, 2.75) is 19.8 Å². The van der Waals surface area contributed by atoms with Crippen LogP contribution in [-0.4, -0.2) is 16.6 Å². The van der Waals surface area contributed by atoms with Crippen LogP contribution >= 0.6 is 12.2 Å². The fraction of sp³-hybridized carbons (Fsp3) is 0.333. The average molecular weight is 249 g/mol. The molecule has 0 unspecified atom stereocenters. The van der Waals surface area contributed by atoms with Gasteiger partial charge in [-0.2, -0.15) is 4.98 Å². The minimum atomic E-state index is 0.431. The zero-order valence-corrected chi connectivity index (χ0v) is 10.5. The van der Waals surface area contributed by atoms with Crippen LogP contribution in [0, 0.1) is 0 Å². The predicted octanol–water partition coefficient (Wildman–Crippen LogP) is 2.91. The van der Waals surface area contributed by atoms with E-state index in [4.69, 9.17) is 16.6 Å². The van der Waals surface area contributed by atoms with E-state index < -0.39 is 0 Å². The van der Waals surface area contributed by atoms with Crippen molar-refractivity contribution in [1.82, 2.24) is 10.3 Å². The summed E-state index contributed by atoms with van der Waals surface area (Å²) in [5.41, 5.74) is 1.58. The highest BCUT2D eigenvalue weighted by atomic mass is 32.1. The Balaban J connectivity index is 1.96. The van der Waals surface area contributed by atoms with Gasteiger partial charge < -0.3 is 9.73 Å². The van der Waals surface area contributed by atoms with Crippen molar-refractivity contribution in [2.24, 2.45) is 0 Å². The Morgan fingerprint density at radius 1 is 1.41 bits per heavy atom. The minimum Gasteiger partial charge on any atom is -0.423 e. The second-order valence-electron chi connectivity index (χ2n) is 3.72. The zero-order chi connectivity index (χ0) is 12.1. The van der Waals surface area contributed by atoms with Crippen molar-refractivity contribution >= 4 is 34.4 Å². The Labute approximate surface area is 105 Å². The van der Waals surface area contributed by atoms with Crippen LogP contribution in [0.1, 0.15) is 19.8 Å². The third-order valence-corrected chi connectivity index (χ3v) is 2.58. The maximum Gasteiger partial charge on any atom is 0.302 e. The molecular formula is C12H15N3OS. The summed E-state index contributed by atoms with van der Waals surface area (Å²) in [6.45, 7) is 3.00. The first-order valence-electron chi connectivity index (χ1n) is 5.70. The summed E-state index contributed by atoms with van der Waals surface area (Å²) < 4.78 is 5.50. The first kappa shape index (κ1) is 11.9. The van der Waals surface area contributed by atoms with E-state index in [2.05, 4.69) is 22.5 Å². The van der Waals surface area contributed by atoms with Gasteiger partial charge in [0, 0.05) is 6.54 Å². The fourth-order valence-corrected chi connectivity index (χ4v) is 1.64. The molecule has 1 aromatic carbocycles. The van der Waals surface area contributed by atoms with Crippen LogP contribution in [0.15, 0.2) is 28.7 Å². The lowest BCUT2D eigenvalue weighted by atomic mass is 10.3. The zero-order valence-electron chi connectivity index (χ0n) is 9.69. The molecule has 0 fully saturated rings. The van der Waals surface area contributed by atoms with Gasteiger partial charge in [0.05, 0.1) is 0 Å². The van der Waals surface area contributed by atoms with E-state index in [0.29, 0.717) is 11.1 Å². The molecule has 0 saturated carbocycles. The Hall–Kier alpha value is -1.62. The molecule has 0 atom stereocenters. The maximum absolute atomic E-state index is 5.50. The van der Waals surface area contributed by atoms with Crippen molar-refractivity contribution < 1.29 is 4.42 Å². The van der Waals surface area contributed by atoms with E-state index in [1.54, 1.807) is 0 Å². The van der Waals surface area contributed by atoms with Crippen LogP contribution in [0.2, 0.25) is 0 Å². The minimum absolute atomic E-state index is 0.431. The van der Waals surface area contributed by atoms with Gasteiger partial charge in [-0.25, -0.2) is 0 Å². The quantitative estimate of drug-likeness (QED) is 0.644. The first-order valence-corrected chi connectivity index (χ1v) is 6.11. The molecule has 2 rings (SSSR count). The SMILES string of the molecule is CCCCNC(=S)Nc1nc2ccccc2o1. The smallest absolute Gasteiger partial charge is 0.302 e. The van der Waals surface area contributed by atoms with Crippen LogP contribution in [0.5, 0.6) is 0 Å². The molecule has 0 amide bonds. The van der Waals surface area contributed by atoms with Crippen LogP contribution in [0.4, 0.5) is 6.01 Å². The van der Waals surface area contributed by atoms with Crippen molar-refractivity contribution in [3.63, 3.8) is 0 Å². The standard InChI is InChI=1S/C12H15N3OS/c1-2-3-8-13-12(17)15-11-14-9-6-4-5-7-10(9)16-11/h4-7H,2-3,8H2,1H3,(H2,13,14,15,17). The maximum atomic E-state index is 5.50. The summed E-state index contributed by atoms with van der Waals surface area (Å²) in [6, 6.07) is 8.04. The summed E-state index contributed by atoms with van der Waals surface area (Å²) in [7, 11) is 0. The van der Waals surface area contributed by atoms with Gasteiger partial charge in [0.2, 0.25) is 0 Å². The lowest BCUT2D eigenvalue weighted by Crippen LogP contribution is -2.29. The second kappa shape index (κ2) is 5.63. The van der Waals surface area contributed by atoms with E-state index in [-0.39, 0.29) is 0 Å². The topological polar surface area (TPSA) is 50.1 Å². The molecule has 4 nitrogen and oxygen atoms in total. The third kappa shape index (κ3) is 3.17. The van der Waals surface area contributed by atoms with Crippen molar-refractivity contribution in [1.29, 1.82) is 0 Å². The van der Waals surface area contributed by atoms with Gasteiger partial charge in [-0.15, -0.1) is 0 Å². The number of thiocarbonyl (C=S) groups is 1. The predicted molar refractivity (Wildman–Crippen MR) is 73.1 cm³/mol. The van der Waals surface area contributed by atoms with Gasteiger partial charge in [-0.3, -0.25) is 5.32 Å². The highest BCUT2D eigenvalue weighted by molar-refractivity contribution is 7.80. The lowest BCUT2D eigenvalue weighted by Gasteiger charge is -2.05. The van der Waals surface area contributed by atoms with E-state index in [1.165, 1.54) is 0 Å². The summed E-state index contributed by atoms with van der Waals surface area (Å²) in [5.74, 6) is 0. The molecule has 0 saturated heterocycles. The fourth-order valence-electron chi connectivity index (χ4n) is 1.45. The molecule has 1 aromatic heterocycles. The van der Waals surface area contributed by atoms with Gasteiger partial charge in [0.25, 0.3) is 0 Å². The molecule has 0 aliphatic carbocycles. The molecule has 0 bridgehead atoms. The highest BCUT2D eigenvalue weighted by Gasteiger charge is 2.05. The van der Waals surface area contributed by atoms with E-state index in [0.717, 1.165) is 30.5 Å². The highest BCUT2D eigenvalue weighted by Crippen LogP contribution is 2.17. The summed E-state index contributed by atoms with van der Waals surface area (Å²) in [4.78, 5) is 4.28. The number of nitrogens with one attached hydrogen (secondary N) is 2. The molecule has 90 valence electrons. The Morgan fingerprint density at radius 2 is 2.24 bits per heavy atom. The van der Waals surface area contributed by atoms with Crippen LogP contribution < -0.4 is 10.6 Å². The number of hydrogen-bond acceptors (Lipinski definition) is 3. The molecule has 0 aliphatic heterocycles. The normalized spacial score (nSPS) is 10.4. The van der Waals surface area contributed by atoms with Crippen LogP contribution in [0.3, 0.4) is 0 Å². The summed E-state index contributed by atoms with van der Waals surface area (Å²) in [6.07, 6.45) is 2.23. The van der Waals surface area contributed by atoms with Crippen molar-refractivity contribution in [3.05, 3.63) is 24.3 Å². The summed E-state index contributed by atoms with van der Waals surface area (Å²) >= 11 is 5.13. The largest absolute Gasteiger partial charge is 0.423 e. The van der Waals surface area contributed by atoms with E-state index in [1.807, 2.05) is 24.3 Å². The average Bonchev–Trinajstić information content (AvgIpc) is 2.71. The van der Waals surface area contributed by atoms with Crippen molar-refractivity contribution in [2.75, 3.05) is 11.9 Å². The van der Waals surface area contributed by atoms with Gasteiger partial charge in [-0.1, -0.05) is 25.5 Å².